The quantitative estimate of drug-likeness (QED) is 0.247. The number of benzene rings is 3. The Bertz CT molecular complexity index is 1640. The van der Waals surface area contributed by atoms with E-state index in [1.165, 1.54) is 34.3 Å². The van der Waals surface area contributed by atoms with Crippen LogP contribution in [0, 0.1) is 0 Å². The van der Waals surface area contributed by atoms with Crippen molar-refractivity contribution in [1.29, 1.82) is 0 Å². The molecule has 2 aliphatic heterocycles. The third-order valence-corrected chi connectivity index (χ3v) is 8.68. The predicted molar refractivity (Wildman–Crippen MR) is 155 cm³/mol. The number of anilines is 1. The van der Waals surface area contributed by atoms with Gasteiger partial charge in [-0.25, -0.2) is 0 Å². The molecule has 7 rings (SSSR count). The van der Waals surface area contributed by atoms with E-state index in [1.807, 2.05) is 18.2 Å². The van der Waals surface area contributed by atoms with E-state index in [2.05, 4.69) is 62.9 Å². The molecule has 210 valence electrons. The van der Waals surface area contributed by atoms with Crippen LogP contribution in [0.15, 0.2) is 90.0 Å². The molecule has 3 aromatic carbocycles. The van der Waals surface area contributed by atoms with E-state index < -0.39 is 11.7 Å². The third-order valence-electron chi connectivity index (χ3n) is 8.68. The van der Waals surface area contributed by atoms with Crippen molar-refractivity contribution < 1.29 is 17.9 Å². The number of allylic oxidation sites excluding steroid dienone is 2. The molecule has 41 heavy (non-hydrogen) atoms. The van der Waals surface area contributed by atoms with Crippen molar-refractivity contribution in [2.24, 2.45) is 5.10 Å². The number of fused-ring (bicyclic) bond motifs is 4. The van der Waals surface area contributed by atoms with Gasteiger partial charge in [-0.05, 0) is 98.3 Å². The number of halogens is 3. The fourth-order valence-corrected chi connectivity index (χ4v) is 6.63. The van der Waals surface area contributed by atoms with Crippen LogP contribution in [-0.4, -0.2) is 16.8 Å². The summed E-state index contributed by atoms with van der Waals surface area (Å²) >= 11 is 0. The molecule has 2 atom stereocenters. The Balaban J connectivity index is 1.17. The molecule has 3 aliphatic rings. The predicted octanol–water partition coefficient (Wildman–Crippen LogP) is 7.73. The second kappa shape index (κ2) is 10.1. The van der Waals surface area contributed by atoms with Gasteiger partial charge in [0.05, 0.1) is 22.5 Å². The van der Waals surface area contributed by atoms with Gasteiger partial charge in [0.15, 0.2) is 0 Å². The first-order chi connectivity index (χ1) is 19.9. The van der Waals surface area contributed by atoms with Gasteiger partial charge in [0.1, 0.15) is 12.4 Å². The molecule has 1 aliphatic carbocycles. The maximum Gasteiger partial charge on any atom is 0.416 e. The standard InChI is InChI=1S/C33H31F3N4O/c34-33(35,36)23-6-8-24(9-7-23)38-39-25-12-16-32(17-13-25)18-14-29-31-27(15-19-37-29)28-20-26(10-11-30(28)40(31)32)41-21-22-4-2-1-3-5-22/h1-12,16,20,29,37-38H,13-15,17-19,21H2/b39-25+/t29-,32+/m0/s1. The Morgan fingerprint density at radius 3 is 2.59 bits per heavy atom. The van der Waals surface area contributed by atoms with Crippen LogP contribution in [0.5, 0.6) is 5.75 Å². The van der Waals surface area contributed by atoms with E-state index in [9.17, 15) is 13.2 Å². The number of ether oxygens (including phenoxy) is 1. The van der Waals surface area contributed by atoms with Crippen molar-refractivity contribution in [2.75, 3.05) is 12.0 Å². The highest BCUT2D eigenvalue weighted by Crippen LogP contribution is 2.49. The average Bonchev–Trinajstić information content (AvgIpc) is 3.34. The highest BCUT2D eigenvalue weighted by molar-refractivity contribution is 5.97. The average molecular weight is 557 g/mol. The van der Waals surface area contributed by atoms with Crippen molar-refractivity contribution >= 4 is 22.3 Å². The second-order valence-electron chi connectivity index (χ2n) is 11.2. The van der Waals surface area contributed by atoms with Gasteiger partial charge in [0.2, 0.25) is 0 Å². The van der Waals surface area contributed by atoms with Crippen molar-refractivity contribution in [3.8, 4) is 5.75 Å². The minimum absolute atomic E-state index is 0.138. The molecule has 0 amide bonds. The van der Waals surface area contributed by atoms with Crippen molar-refractivity contribution in [3.63, 3.8) is 0 Å². The smallest absolute Gasteiger partial charge is 0.416 e. The number of nitrogens with one attached hydrogen (secondary N) is 2. The number of hydrogen-bond donors (Lipinski definition) is 2. The van der Waals surface area contributed by atoms with Crippen LogP contribution < -0.4 is 15.5 Å². The minimum Gasteiger partial charge on any atom is -0.489 e. The molecular weight excluding hydrogens is 525 g/mol. The number of nitrogens with zero attached hydrogens (tertiary/aromatic N) is 2. The Morgan fingerprint density at radius 1 is 1.00 bits per heavy atom. The van der Waals surface area contributed by atoms with Crippen LogP contribution in [0.1, 0.15) is 54.1 Å². The summed E-state index contributed by atoms with van der Waals surface area (Å²) in [7, 11) is 0. The van der Waals surface area contributed by atoms with E-state index >= 15 is 0 Å². The molecule has 0 fully saturated rings. The van der Waals surface area contributed by atoms with Gasteiger partial charge < -0.3 is 14.6 Å². The zero-order valence-corrected chi connectivity index (χ0v) is 22.5. The molecule has 0 saturated carbocycles. The Labute approximate surface area is 236 Å². The van der Waals surface area contributed by atoms with E-state index in [0.717, 1.165) is 67.8 Å². The van der Waals surface area contributed by atoms with Crippen LogP contribution >= 0.6 is 0 Å². The zero-order valence-electron chi connectivity index (χ0n) is 22.5. The van der Waals surface area contributed by atoms with Crippen LogP contribution in [0.4, 0.5) is 18.9 Å². The maximum absolute atomic E-state index is 12.9. The highest BCUT2D eigenvalue weighted by atomic mass is 19.4. The highest BCUT2D eigenvalue weighted by Gasteiger charge is 2.43. The summed E-state index contributed by atoms with van der Waals surface area (Å²) in [5.74, 6) is 0.882. The first kappa shape index (κ1) is 25.9. The van der Waals surface area contributed by atoms with Gasteiger partial charge in [-0.2, -0.15) is 18.3 Å². The lowest BCUT2D eigenvalue weighted by atomic mass is 9.77. The molecule has 3 heterocycles. The van der Waals surface area contributed by atoms with Gasteiger partial charge in [0, 0.05) is 22.6 Å². The zero-order chi connectivity index (χ0) is 28.0. The topological polar surface area (TPSA) is 50.6 Å². The molecule has 5 nitrogen and oxygen atoms in total. The molecule has 8 heteroatoms. The first-order valence-corrected chi connectivity index (χ1v) is 14.2. The van der Waals surface area contributed by atoms with E-state index in [-0.39, 0.29) is 5.54 Å². The SMILES string of the molecule is FC(F)(F)c1ccc(N/N=C2\C=C[C@@]3(CC2)CC[C@@H]2NCCc4c2n3c2ccc(OCc3ccccc3)cc42)cc1. The molecular formula is C33H31F3N4O. The lowest BCUT2D eigenvalue weighted by molar-refractivity contribution is -0.137. The number of hydrazone groups is 1. The molecule has 0 radical (unpaired) electrons. The number of alkyl halides is 3. The minimum atomic E-state index is -4.35. The maximum atomic E-state index is 12.9. The first-order valence-electron chi connectivity index (χ1n) is 14.2. The molecule has 4 aromatic rings. The van der Waals surface area contributed by atoms with Gasteiger partial charge in [-0.1, -0.05) is 36.4 Å². The fraction of sp³-hybridized carbons (Fsp3) is 0.303. The van der Waals surface area contributed by atoms with E-state index in [0.29, 0.717) is 18.3 Å². The van der Waals surface area contributed by atoms with Crippen molar-refractivity contribution in [3.05, 3.63) is 107 Å². The molecule has 0 bridgehead atoms. The summed E-state index contributed by atoms with van der Waals surface area (Å²) in [6.07, 6.45) is 4.78. The Kier molecular flexibility index (Phi) is 6.38. The van der Waals surface area contributed by atoms with E-state index in [4.69, 9.17) is 4.74 Å². The Hall–Kier alpha value is -4.04. The fourth-order valence-electron chi connectivity index (χ4n) is 6.63. The van der Waals surface area contributed by atoms with Crippen LogP contribution in [0.3, 0.4) is 0 Å². The monoisotopic (exact) mass is 556 g/mol. The molecule has 0 saturated heterocycles. The summed E-state index contributed by atoms with van der Waals surface area (Å²) in [4.78, 5) is 0. The lowest BCUT2D eigenvalue weighted by Gasteiger charge is -2.45. The van der Waals surface area contributed by atoms with Crippen LogP contribution in [0.2, 0.25) is 0 Å². The largest absolute Gasteiger partial charge is 0.489 e. The van der Waals surface area contributed by atoms with Gasteiger partial charge in [0.25, 0.3) is 0 Å². The van der Waals surface area contributed by atoms with Gasteiger partial charge in [-0.15, -0.1) is 0 Å². The summed E-state index contributed by atoms with van der Waals surface area (Å²) in [6.45, 7) is 1.51. The summed E-state index contributed by atoms with van der Waals surface area (Å²) in [6, 6.07) is 22.0. The van der Waals surface area contributed by atoms with E-state index in [1.54, 1.807) is 0 Å². The summed E-state index contributed by atoms with van der Waals surface area (Å²) in [5, 5.41) is 9.52. The number of aromatic nitrogens is 1. The molecule has 1 aromatic heterocycles. The van der Waals surface area contributed by atoms with Crippen LogP contribution in [-0.2, 0) is 24.7 Å². The molecule has 1 spiro atoms. The van der Waals surface area contributed by atoms with Gasteiger partial charge >= 0.3 is 6.18 Å². The second-order valence-corrected chi connectivity index (χ2v) is 11.2. The summed E-state index contributed by atoms with van der Waals surface area (Å²) < 4.78 is 47.4. The van der Waals surface area contributed by atoms with Crippen molar-refractivity contribution in [1.82, 2.24) is 9.88 Å². The van der Waals surface area contributed by atoms with Crippen LogP contribution in [0.25, 0.3) is 10.9 Å². The van der Waals surface area contributed by atoms with Crippen molar-refractivity contribution in [2.45, 2.75) is 56.5 Å². The normalized spacial score (nSPS) is 22.7. The molecule has 0 unspecified atom stereocenters. The Morgan fingerprint density at radius 2 is 1.83 bits per heavy atom. The number of rotatable bonds is 5. The molecule has 2 N–H and O–H groups in total. The third kappa shape index (κ3) is 4.80. The van der Waals surface area contributed by atoms with Gasteiger partial charge in [-0.3, -0.25) is 5.43 Å². The summed E-state index contributed by atoms with van der Waals surface area (Å²) in [5.41, 5.74) is 8.74. The number of hydrogen-bond acceptors (Lipinski definition) is 4. The lowest BCUT2D eigenvalue weighted by Crippen LogP contribution is -2.44.